The minimum Gasteiger partial charge on any atom is -0.264 e. The van der Waals surface area contributed by atoms with E-state index in [1.54, 1.807) is 0 Å². The fourth-order valence-corrected chi connectivity index (χ4v) is 2.13. The van der Waals surface area contributed by atoms with Gasteiger partial charge >= 0.3 is 0 Å². The molecule has 0 spiro atoms. The molecule has 78 valence electrons. The van der Waals surface area contributed by atoms with Gasteiger partial charge < -0.3 is 0 Å². The van der Waals surface area contributed by atoms with E-state index in [-0.39, 0.29) is 0 Å². The van der Waals surface area contributed by atoms with Crippen molar-refractivity contribution in [3.63, 3.8) is 0 Å². The van der Waals surface area contributed by atoms with E-state index in [1.807, 2.05) is 0 Å². The van der Waals surface area contributed by atoms with Crippen LogP contribution in [-0.2, 0) is 6.54 Å². The van der Waals surface area contributed by atoms with Gasteiger partial charge in [-0.05, 0) is 44.2 Å². The Morgan fingerprint density at radius 3 is 2.87 bits per heavy atom. The standard InChI is InChI=1S/C13H16N2/c1-9-3-6-12-10(2)14-15(13(12)7-9)8-11-4-5-11/h3,6-7,11H,4-5,8H2,1-2H3. The van der Waals surface area contributed by atoms with Gasteiger partial charge in [-0.25, -0.2) is 0 Å². The van der Waals surface area contributed by atoms with Crippen molar-refractivity contribution in [1.29, 1.82) is 0 Å². The van der Waals surface area contributed by atoms with Gasteiger partial charge in [0.25, 0.3) is 0 Å². The van der Waals surface area contributed by atoms with Crippen LogP contribution in [0.4, 0.5) is 0 Å². The molecule has 1 saturated carbocycles. The lowest BCUT2D eigenvalue weighted by molar-refractivity contribution is 0.576. The molecule has 0 unspecified atom stereocenters. The van der Waals surface area contributed by atoms with Crippen molar-refractivity contribution in [3.05, 3.63) is 29.5 Å². The summed E-state index contributed by atoms with van der Waals surface area (Å²) in [6.07, 6.45) is 2.76. The molecule has 0 radical (unpaired) electrons. The SMILES string of the molecule is Cc1ccc2c(C)nn(CC3CC3)c2c1. The van der Waals surface area contributed by atoms with Crippen molar-refractivity contribution in [1.82, 2.24) is 9.78 Å². The van der Waals surface area contributed by atoms with Crippen molar-refractivity contribution in [2.24, 2.45) is 5.92 Å². The summed E-state index contributed by atoms with van der Waals surface area (Å²) < 4.78 is 2.19. The maximum absolute atomic E-state index is 4.63. The van der Waals surface area contributed by atoms with E-state index in [2.05, 4.69) is 41.8 Å². The fourth-order valence-electron chi connectivity index (χ4n) is 2.13. The van der Waals surface area contributed by atoms with Gasteiger partial charge in [0.1, 0.15) is 0 Å². The van der Waals surface area contributed by atoms with E-state index in [1.165, 1.54) is 29.3 Å². The summed E-state index contributed by atoms with van der Waals surface area (Å²) in [7, 11) is 0. The van der Waals surface area contributed by atoms with Gasteiger partial charge in [-0.15, -0.1) is 0 Å². The van der Waals surface area contributed by atoms with Gasteiger partial charge in [0.15, 0.2) is 0 Å². The molecule has 3 rings (SSSR count). The molecular formula is C13H16N2. The Kier molecular flexibility index (Phi) is 1.84. The predicted octanol–water partition coefficient (Wildman–Crippen LogP) is 3.06. The first-order chi connectivity index (χ1) is 7.24. The molecule has 15 heavy (non-hydrogen) atoms. The maximum atomic E-state index is 4.63. The molecule has 0 amide bonds. The first-order valence-electron chi connectivity index (χ1n) is 5.68. The Bertz CT molecular complexity index is 506. The Balaban J connectivity index is 2.14. The molecule has 0 aliphatic heterocycles. The van der Waals surface area contributed by atoms with Crippen molar-refractivity contribution >= 4 is 10.9 Å². The lowest BCUT2D eigenvalue weighted by Crippen LogP contribution is -2.01. The van der Waals surface area contributed by atoms with Crippen LogP contribution in [0.25, 0.3) is 10.9 Å². The van der Waals surface area contributed by atoms with E-state index < -0.39 is 0 Å². The van der Waals surface area contributed by atoms with Crippen LogP contribution < -0.4 is 0 Å². The topological polar surface area (TPSA) is 17.8 Å². The van der Waals surface area contributed by atoms with Gasteiger partial charge in [0, 0.05) is 11.9 Å². The summed E-state index contributed by atoms with van der Waals surface area (Å²) in [6, 6.07) is 6.60. The van der Waals surface area contributed by atoms with Crippen molar-refractivity contribution < 1.29 is 0 Å². The summed E-state index contributed by atoms with van der Waals surface area (Å²) in [6.45, 7) is 5.35. The van der Waals surface area contributed by atoms with E-state index in [9.17, 15) is 0 Å². The third kappa shape index (κ3) is 1.54. The van der Waals surface area contributed by atoms with Gasteiger partial charge in [0.05, 0.1) is 11.2 Å². The summed E-state index contributed by atoms with van der Waals surface area (Å²) in [5, 5.41) is 5.93. The van der Waals surface area contributed by atoms with E-state index in [4.69, 9.17) is 0 Å². The maximum Gasteiger partial charge on any atom is 0.0687 e. The van der Waals surface area contributed by atoms with Crippen molar-refractivity contribution in [2.75, 3.05) is 0 Å². The van der Waals surface area contributed by atoms with Crippen molar-refractivity contribution in [3.8, 4) is 0 Å². The first kappa shape index (κ1) is 8.96. The van der Waals surface area contributed by atoms with Crippen LogP contribution in [0.1, 0.15) is 24.1 Å². The third-order valence-electron chi connectivity index (χ3n) is 3.22. The number of benzene rings is 1. The summed E-state index contributed by atoms with van der Waals surface area (Å²) in [5.41, 5.74) is 3.78. The van der Waals surface area contributed by atoms with Gasteiger partial charge in [0.2, 0.25) is 0 Å². The normalized spacial score (nSPS) is 16.1. The minimum absolute atomic E-state index is 0.882. The Labute approximate surface area is 89.9 Å². The molecule has 0 N–H and O–H groups in total. The lowest BCUT2D eigenvalue weighted by Gasteiger charge is -2.01. The zero-order valence-electron chi connectivity index (χ0n) is 9.33. The van der Waals surface area contributed by atoms with E-state index >= 15 is 0 Å². The molecule has 0 atom stereocenters. The Morgan fingerprint density at radius 1 is 1.33 bits per heavy atom. The van der Waals surface area contributed by atoms with Crippen LogP contribution in [0, 0.1) is 19.8 Å². The smallest absolute Gasteiger partial charge is 0.0687 e. The van der Waals surface area contributed by atoms with E-state index in [0.29, 0.717) is 0 Å². The fraction of sp³-hybridized carbons (Fsp3) is 0.462. The molecule has 1 aromatic heterocycles. The van der Waals surface area contributed by atoms with Crippen LogP contribution in [-0.4, -0.2) is 9.78 Å². The van der Waals surface area contributed by atoms with Gasteiger partial charge in [-0.3, -0.25) is 4.68 Å². The number of aromatic nitrogens is 2. The van der Waals surface area contributed by atoms with Crippen LogP contribution >= 0.6 is 0 Å². The molecule has 2 aromatic rings. The Hall–Kier alpha value is -1.31. The summed E-state index contributed by atoms with van der Waals surface area (Å²) in [5.74, 6) is 0.882. The average Bonchev–Trinajstić information content (AvgIpc) is 2.95. The minimum atomic E-state index is 0.882. The number of aryl methyl sites for hydroxylation is 2. The molecular weight excluding hydrogens is 184 g/mol. The molecule has 1 fully saturated rings. The van der Waals surface area contributed by atoms with Crippen LogP contribution in [0.2, 0.25) is 0 Å². The predicted molar refractivity (Wildman–Crippen MR) is 61.9 cm³/mol. The summed E-state index contributed by atoms with van der Waals surface area (Å²) in [4.78, 5) is 0. The molecule has 1 aliphatic rings. The molecule has 1 aromatic carbocycles. The summed E-state index contributed by atoms with van der Waals surface area (Å²) >= 11 is 0. The molecule has 0 bridgehead atoms. The Morgan fingerprint density at radius 2 is 2.13 bits per heavy atom. The number of fused-ring (bicyclic) bond motifs is 1. The zero-order chi connectivity index (χ0) is 10.4. The molecule has 2 heteroatoms. The van der Waals surface area contributed by atoms with Crippen LogP contribution in [0.3, 0.4) is 0 Å². The second-order valence-corrected chi connectivity index (χ2v) is 4.73. The van der Waals surface area contributed by atoms with Crippen LogP contribution in [0.5, 0.6) is 0 Å². The second-order valence-electron chi connectivity index (χ2n) is 4.73. The average molecular weight is 200 g/mol. The lowest BCUT2D eigenvalue weighted by atomic mass is 10.1. The molecule has 1 aliphatic carbocycles. The number of hydrogen-bond acceptors (Lipinski definition) is 1. The second kappa shape index (κ2) is 3.09. The quantitative estimate of drug-likeness (QED) is 0.728. The zero-order valence-corrected chi connectivity index (χ0v) is 9.33. The van der Waals surface area contributed by atoms with Crippen molar-refractivity contribution in [2.45, 2.75) is 33.2 Å². The molecule has 1 heterocycles. The van der Waals surface area contributed by atoms with Gasteiger partial charge in [-0.2, -0.15) is 5.10 Å². The largest absolute Gasteiger partial charge is 0.264 e. The molecule has 0 saturated heterocycles. The van der Waals surface area contributed by atoms with E-state index in [0.717, 1.165) is 18.2 Å². The first-order valence-corrected chi connectivity index (χ1v) is 5.68. The highest BCUT2D eigenvalue weighted by Crippen LogP contribution is 2.32. The third-order valence-corrected chi connectivity index (χ3v) is 3.22. The van der Waals surface area contributed by atoms with Gasteiger partial charge in [-0.1, -0.05) is 12.1 Å². The highest BCUT2D eigenvalue weighted by Gasteiger charge is 2.23. The number of hydrogen-bond donors (Lipinski definition) is 0. The monoisotopic (exact) mass is 200 g/mol. The highest BCUT2D eigenvalue weighted by molar-refractivity contribution is 5.82. The van der Waals surface area contributed by atoms with Crippen LogP contribution in [0.15, 0.2) is 18.2 Å². The number of nitrogens with zero attached hydrogens (tertiary/aromatic N) is 2. The highest BCUT2D eigenvalue weighted by atomic mass is 15.3. The number of rotatable bonds is 2. The molecule has 2 nitrogen and oxygen atoms in total.